The van der Waals surface area contributed by atoms with E-state index in [-0.39, 0.29) is 5.91 Å². The fraction of sp³-hybridized carbons (Fsp3) is 0.364. The number of hydrogen-bond donors (Lipinski definition) is 1. The number of hydrogen-bond acceptors (Lipinski definition) is 1. The Morgan fingerprint density at radius 2 is 2.07 bits per heavy atom. The summed E-state index contributed by atoms with van der Waals surface area (Å²) >= 11 is 5.89. The Labute approximate surface area is 89.3 Å². The number of benzene rings is 1. The quantitative estimate of drug-likeness (QED) is 0.592. The van der Waals surface area contributed by atoms with Crippen molar-refractivity contribution < 1.29 is 4.79 Å². The van der Waals surface area contributed by atoms with Gasteiger partial charge in [0.15, 0.2) is 0 Å². The van der Waals surface area contributed by atoms with Crippen molar-refractivity contribution in [1.29, 1.82) is 0 Å². The fourth-order valence-electron chi connectivity index (χ4n) is 1.13. The van der Waals surface area contributed by atoms with Gasteiger partial charge in [0, 0.05) is 5.56 Å². The second-order valence-corrected chi connectivity index (χ2v) is 4.74. The van der Waals surface area contributed by atoms with Crippen molar-refractivity contribution in [2.75, 3.05) is 0 Å². The second-order valence-electron chi connectivity index (χ2n) is 3.80. The minimum atomic E-state index is -0.708. The monoisotopic (exact) mass is 211 g/mol. The van der Waals surface area contributed by atoms with Gasteiger partial charge < -0.3 is 5.32 Å². The number of rotatable bonds is 2. The van der Waals surface area contributed by atoms with E-state index >= 15 is 0 Å². The molecule has 0 aromatic heterocycles. The summed E-state index contributed by atoms with van der Waals surface area (Å²) in [6, 6.07) is 7.40. The topological polar surface area (TPSA) is 29.1 Å². The lowest BCUT2D eigenvalue weighted by molar-refractivity contribution is 0.0935. The zero-order valence-corrected chi connectivity index (χ0v) is 9.35. The van der Waals surface area contributed by atoms with Gasteiger partial charge >= 0.3 is 0 Å². The first-order valence-electron chi connectivity index (χ1n) is 4.46. The molecule has 0 fully saturated rings. The molecule has 0 aliphatic carbocycles. The molecule has 76 valence electrons. The summed E-state index contributed by atoms with van der Waals surface area (Å²) in [7, 11) is 0. The average Bonchev–Trinajstić information content (AvgIpc) is 2.01. The normalized spacial score (nSPS) is 11.1. The highest BCUT2D eigenvalue weighted by Gasteiger charge is 2.17. The maximum Gasteiger partial charge on any atom is 0.252 e. The van der Waals surface area contributed by atoms with Crippen molar-refractivity contribution in [2.24, 2.45) is 0 Å². The third kappa shape index (κ3) is 3.38. The van der Waals surface area contributed by atoms with E-state index in [0.717, 1.165) is 5.56 Å². The van der Waals surface area contributed by atoms with Gasteiger partial charge in [0.05, 0.1) is 0 Å². The smallest absolute Gasteiger partial charge is 0.252 e. The van der Waals surface area contributed by atoms with Crippen molar-refractivity contribution in [1.82, 2.24) is 5.32 Å². The molecule has 1 amide bonds. The van der Waals surface area contributed by atoms with E-state index in [9.17, 15) is 4.79 Å². The zero-order chi connectivity index (χ0) is 10.8. The summed E-state index contributed by atoms with van der Waals surface area (Å²) < 4.78 is 0. The summed E-state index contributed by atoms with van der Waals surface area (Å²) in [5, 5.41) is 2.69. The summed E-state index contributed by atoms with van der Waals surface area (Å²) in [4.78, 5) is 10.9. The maximum atomic E-state index is 11.6. The highest BCUT2D eigenvalue weighted by Crippen LogP contribution is 2.10. The van der Waals surface area contributed by atoms with Crippen molar-refractivity contribution >= 4 is 17.5 Å². The molecule has 1 rings (SSSR count). The minimum Gasteiger partial charge on any atom is -0.334 e. The number of aryl methyl sites for hydroxylation is 1. The second kappa shape index (κ2) is 4.01. The van der Waals surface area contributed by atoms with Crippen molar-refractivity contribution in [3.05, 3.63) is 35.4 Å². The number of halogens is 1. The minimum absolute atomic E-state index is 0.145. The largest absolute Gasteiger partial charge is 0.334 e. The number of amides is 1. The van der Waals surface area contributed by atoms with Crippen LogP contribution in [0, 0.1) is 6.92 Å². The molecule has 0 aliphatic heterocycles. The van der Waals surface area contributed by atoms with Crippen LogP contribution in [0.25, 0.3) is 0 Å². The van der Waals surface area contributed by atoms with Crippen LogP contribution in [-0.4, -0.2) is 10.9 Å². The van der Waals surface area contributed by atoms with E-state index in [2.05, 4.69) is 5.32 Å². The van der Waals surface area contributed by atoms with Gasteiger partial charge in [0.1, 0.15) is 5.00 Å². The van der Waals surface area contributed by atoms with Crippen molar-refractivity contribution in [3.8, 4) is 0 Å². The third-order valence-electron chi connectivity index (χ3n) is 1.69. The summed E-state index contributed by atoms with van der Waals surface area (Å²) in [6.45, 7) is 5.42. The third-order valence-corrected chi connectivity index (χ3v) is 1.79. The Bertz CT molecular complexity index is 341. The Morgan fingerprint density at radius 1 is 1.43 bits per heavy atom. The Kier molecular flexibility index (Phi) is 3.17. The van der Waals surface area contributed by atoms with Crippen LogP contribution in [0.1, 0.15) is 29.8 Å². The molecule has 0 atom stereocenters. The lowest BCUT2D eigenvalue weighted by Crippen LogP contribution is -2.38. The molecule has 0 unspecified atom stereocenters. The molecular formula is C11H14ClNO. The first-order chi connectivity index (χ1) is 6.38. The van der Waals surface area contributed by atoms with Crippen LogP contribution < -0.4 is 5.32 Å². The van der Waals surface area contributed by atoms with Gasteiger partial charge in [0.25, 0.3) is 5.91 Å². The summed E-state index contributed by atoms with van der Waals surface area (Å²) in [6.07, 6.45) is 0. The van der Waals surface area contributed by atoms with Gasteiger partial charge in [-0.2, -0.15) is 0 Å². The Morgan fingerprint density at radius 3 is 2.57 bits per heavy atom. The van der Waals surface area contributed by atoms with Crippen LogP contribution in [0.5, 0.6) is 0 Å². The highest BCUT2D eigenvalue weighted by atomic mass is 35.5. The number of alkyl halides is 1. The van der Waals surface area contributed by atoms with Gasteiger partial charge in [-0.05, 0) is 32.9 Å². The van der Waals surface area contributed by atoms with Gasteiger partial charge in [-0.15, -0.1) is 0 Å². The predicted octanol–water partition coefficient (Wildman–Crippen LogP) is 2.70. The van der Waals surface area contributed by atoms with Crippen LogP contribution in [0.2, 0.25) is 0 Å². The fourth-order valence-corrected chi connectivity index (χ4v) is 1.21. The zero-order valence-electron chi connectivity index (χ0n) is 8.60. The number of carbonyl (C=O) groups is 1. The molecule has 14 heavy (non-hydrogen) atoms. The molecule has 2 nitrogen and oxygen atoms in total. The van der Waals surface area contributed by atoms with Gasteiger partial charge in [-0.25, -0.2) is 0 Å². The number of carbonyl (C=O) groups excluding carboxylic acids is 1. The van der Waals surface area contributed by atoms with Crippen molar-refractivity contribution in [2.45, 2.75) is 25.8 Å². The molecule has 0 radical (unpaired) electrons. The molecule has 1 N–H and O–H groups in total. The molecule has 0 saturated heterocycles. The molecule has 0 aliphatic rings. The van der Waals surface area contributed by atoms with Crippen LogP contribution in [0.3, 0.4) is 0 Å². The standard InChI is InChI=1S/C11H14ClNO/c1-8-5-4-6-9(7-8)10(14)13-11(2,3)12/h4-7H,1-3H3,(H,13,14). The molecule has 0 bridgehead atoms. The molecule has 1 aromatic rings. The first kappa shape index (κ1) is 11.1. The Balaban J connectivity index is 2.80. The average molecular weight is 212 g/mol. The molecular weight excluding hydrogens is 198 g/mol. The molecule has 0 spiro atoms. The molecule has 1 aromatic carbocycles. The van der Waals surface area contributed by atoms with E-state index in [4.69, 9.17) is 11.6 Å². The summed E-state index contributed by atoms with van der Waals surface area (Å²) in [5.74, 6) is -0.145. The molecule has 3 heteroatoms. The van der Waals surface area contributed by atoms with Crippen LogP contribution >= 0.6 is 11.6 Å². The highest BCUT2D eigenvalue weighted by molar-refractivity contribution is 6.24. The number of nitrogens with one attached hydrogen (secondary N) is 1. The van der Waals surface area contributed by atoms with E-state index in [1.165, 1.54) is 0 Å². The molecule has 0 heterocycles. The molecule has 0 saturated carbocycles. The lowest BCUT2D eigenvalue weighted by atomic mass is 10.1. The van der Waals surface area contributed by atoms with Crippen LogP contribution in [0.15, 0.2) is 24.3 Å². The van der Waals surface area contributed by atoms with Crippen molar-refractivity contribution in [3.63, 3.8) is 0 Å². The van der Waals surface area contributed by atoms with E-state index in [1.54, 1.807) is 19.9 Å². The van der Waals surface area contributed by atoms with Crippen LogP contribution in [0.4, 0.5) is 0 Å². The SMILES string of the molecule is Cc1cccc(C(=O)NC(C)(C)Cl)c1. The van der Waals surface area contributed by atoms with Gasteiger partial charge in [-0.3, -0.25) is 4.79 Å². The van der Waals surface area contributed by atoms with Crippen LogP contribution in [-0.2, 0) is 0 Å². The van der Waals surface area contributed by atoms with E-state index in [0.29, 0.717) is 5.56 Å². The van der Waals surface area contributed by atoms with E-state index < -0.39 is 5.00 Å². The first-order valence-corrected chi connectivity index (χ1v) is 4.84. The Hall–Kier alpha value is -1.02. The summed E-state index contributed by atoms with van der Waals surface area (Å²) in [5.41, 5.74) is 1.70. The van der Waals surface area contributed by atoms with Gasteiger partial charge in [0.2, 0.25) is 0 Å². The van der Waals surface area contributed by atoms with Gasteiger partial charge in [-0.1, -0.05) is 29.3 Å². The lowest BCUT2D eigenvalue weighted by Gasteiger charge is -2.17. The maximum absolute atomic E-state index is 11.6. The predicted molar refractivity (Wildman–Crippen MR) is 58.6 cm³/mol. The van der Waals surface area contributed by atoms with E-state index in [1.807, 2.05) is 25.1 Å².